The Morgan fingerprint density at radius 1 is 1.00 bits per heavy atom. The average Bonchev–Trinajstić information content (AvgIpc) is 3.29. The van der Waals surface area contributed by atoms with Gasteiger partial charge in [-0.05, 0) is 55.2 Å². The molecule has 0 radical (unpaired) electrons. The monoisotopic (exact) mass is 520 g/mol. The molecule has 8 nitrogen and oxygen atoms in total. The first kappa shape index (κ1) is 24.7. The molecule has 0 aliphatic heterocycles. The summed E-state index contributed by atoms with van der Waals surface area (Å²) in [4.78, 5) is 14.7. The SMILES string of the molecule is CN(C)c1ccc2cc(C(=O)NS(=O)(=O)c3c(OCc4ccccc4)cccc3OC3CCC3)oc2c1. The Morgan fingerprint density at radius 2 is 1.76 bits per heavy atom. The van der Waals surface area contributed by atoms with Gasteiger partial charge in [-0.15, -0.1) is 0 Å². The smallest absolute Gasteiger partial charge is 0.300 e. The highest BCUT2D eigenvalue weighted by Crippen LogP contribution is 2.37. The van der Waals surface area contributed by atoms with Gasteiger partial charge in [0.25, 0.3) is 10.0 Å². The molecule has 0 atom stereocenters. The zero-order valence-electron chi connectivity index (χ0n) is 20.6. The highest BCUT2D eigenvalue weighted by atomic mass is 32.2. The van der Waals surface area contributed by atoms with E-state index in [1.54, 1.807) is 24.3 Å². The molecule has 37 heavy (non-hydrogen) atoms. The maximum absolute atomic E-state index is 13.6. The summed E-state index contributed by atoms with van der Waals surface area (Å²) in [5.74, 6) is -0.745. The summed E-state index contributed by atoms with van der Waals surface area (Å²) in [5.41, 5.74) is 2.25. The van der Waals surface area contributed by atoms with Crippen molar-refractivity contribution in [2.24, 2.45) is 0 Å². The number of furan rings is 1. The number of benzene rings is 3. The Kier molecular flexibility index (Phi) is 6.80. The number of carbonyl (C=O) groups is 1. The molecule has 0 bridgehead atoms. The van der Waals surface area contributed by atoms with Crippen LogP contribution in [0.3, 0.4) is 0 Å². The number of hydrogen-bond acceptors (Lipinski definition) is 7. The van der Waals surface area contributed by atoms with Gasteiger partial charge in [0.2, 0.25) is 0 Å². The van der Waals surface area contributed by atoms with Crippen LogP contribution in [0.2, 0.25) is 0 Å². The quantitative estimate of drug-likeness (QED) is 0.327. The Morgan fingerprint density at radius 3 is 2.46 bits per heavy atom. The predicted molar refractivity (Wildman–Crippen MR) is 141 cm³/mol. The standard InChI is InChI=1S/C28H28N2O6S/c1-30(2)21-15-14-20-16-26(36-25(20)17-21)28(31)29-37(32,33)27-23(34-18-19-8-4-3-5-9-19)12-7-13-24(27)35-22-10-6-11-22/h3-5,7-9,12-17,22H,6,10-11,18H2,1-2H3,(H,29,31). The van der Waals surface area contributed by atoms with E-state index in [1.807, 2.05) is 61.5 Å². The Hall–Kier alpha value is -3.98. The van der Waals surface area contributed by atoms with Crippen molar-refractivity contribution in [1.82, 2.24) is 4.72 Å². The molecule has 1 heterocycles. The molecular formula is C28H28N2O6S. The Balaban J connectivity index is 1.45. The van der Waals surface area contributed by atoms with Gasteiger partial charge in [-0.2, -0.15) is 0 Å². The number of fused-ring (bicyclic) bond motifs is 1. The summed E-state index contributed by atoms with van der Waals surface area (Å²) < 4.78 is 46.9. The molecule has 5 rings (SSSR count). The fraction of sp³-hybridized carbons (Fsp3) is 0.250. The van der Waals surface area contributed by atoms with Crippen molar-refractivity contribution in [3.8, 4) is 11.5 Å². The van der Waals surface area contributed by atoms with Gasteiger partial charge < -0.3 is 18.8 Å². The number of amides is 1. The van der Waals surface area contributed by atoms with Crippen LogP contribution in [0.5, 0.6) is 11.5 Å². The van der Waals surface area contributed by atoms with E-state index >= 15 is 0 Å². The second kappa shape index (κ2) is 10.2. The van der Waals surface area contributed by atoms with E-state index in [1.165, 1.54) is 6.07 Å². The number of nitrogens with zero attached hydrogens (tertiary/aromatic N) is 1. The Labute approximate surface area is 215 Å². The van der Waals surface area contributed by atoms with Crippen LogP contribution < -0.4 is 19.1 Å². The van der Waals surface area contributed by atoms with Crippen LogP contribution in [0.4, 0.5) is 5.69 Å². The van der Waals surface area contributed by atoms with Crippen molar-refractivity contribution in [3.05, 3.63) is 84.1 Å². The van der Waals surface area contributed by atoms with Gasteiger partial charge in [0.1, 0.15) is 23.7 Å². The minimum Gasteiger partial charge on any atom is -0.489 e. The molecule has 0 spiro atoms. The lowest BCUT2D eigenvalue weighted by atomic mass is 9.96. The summed E-state index contributed by atoms with van der Waals surface area (Å²) in [6.45, 7) is 0.155. The minimum absolute atomic E-state index is 0.0738. The molecule has 1 fully saturated rings. The second-order valence-corrected chi connectivity index (χ2v) is 10.8. The highest BCUT2D eigenvalue weighted by molar-refractivity contribution is 7.90. The van der Waals surface area contributed by atoms with Gasteiger partial charge in [-0.1, -0.05) is 36.4 Å². The Bertz CT molecular complexity index is 1530. The summed E-state index contributed by atoms with van der Waals surface area (Å²) in [5, 5.41) is 0.689. The maximum atomic E-state index is 13.6. The first-order valence-electron chi connectivity index (χ1n) is 12.0. The molecule has 0 saturated heterocycles. The first-order chi connectivity index (χ1) is 17.8. The van der Waals surface area contributed by atoms with Crippen molar-refractivity contribution in [1.29, 1.82) is 0 Å². The predicted octanol–water partition coefficient (Wildman–Crippen LogP) is 5.13. The van der Waals surface area contributed by atoms with E-state index in [-0.39, 0.29) is 34.9 Å². The maximum Gasteiger partial charge on any atom is 0.300 e. The molecule has 4 aromatic rings. The zero-order valence-corrected chi connectivity index (χ0v) is 21.5. The van der Waals surface area contributed by atoms with Gasteiger partial charge in [0, 0.05) is 31.2 Å². The zero-order chi connectivity index (χ0) is 26.0. The molecule has 1 aliphatic carbocycles. The topological polar surface area (TPSA) is 98.1 Å². The third kappa shape index (κ3) is 5.41. The normalized spacial score (nSPS) is 13.7. The molecular weight excluding hydrogens is 492 g/mol. The van der Waals surface area contributed by atoms with Gasteiger partial charge in [-0.3, -0.25) is 4.79 Å². The number of nitrogens with one attached hydrogen (secondary N) is 1. The second-order valence-electron chi connectivity index (χ2n) is 9.19. The highest BCUT2D eigenvalue weighted by Gasteiger charge is 2.31. The molecule has 0 unspecified atom stereocenters. The van der Waals surface area contributed by atoms with Crippen LogP contribution in [-0.2, 0) is 16.6 Å². The van der Waals surface area contributed by atoms with Crippen molar-refractivity contribution in [2.45, 2.75) is 36.9 Å². The largest absolute Gasteiger partial charge is 0.489 e. The molecule has 1 aromatic heterocycles. The molecule has 1 aliphatic rings. The summed E-state index contributed by atoms with van der Waals surface area (Å²) in [6, 6.07) is 21.2. The van der Waals surface area contributed by atoms with E-state index in [9.17, 15) is 13.2 Å². The van der Waals surface area contributed by atoms with Gasteiger partial charge in [-0.25, -0.2) is 13.1 Å². The molecule has 1 saturated carbocycles. The lowest BCUT2D eigenvalue weighted by Crippen LogP contribution is -2.32. The third-order valence-electron chi connectivity index (χ3n) is 6.27. The number of sulfonamides is 1. The molecule has 3 aromatic carbocycles. The van der Waals surface area contributed by atoms with Crippen molar-refractivity contribution >= 4 is 32.6 Å². The van der Waals surface area contributed by atoms with Gasteiger partial charge in [0.15, 0.2) is 10.7 Å². The van der Waals surface area contributed by atoms with Crippen molar-refractivity contribution < 1.29 is 27.1 Å². The fourth-order valence-corrected chi connectivity index (χ4v) is 5.22. The first-order valence-corrected chi connectivity index (χ1v) is 13.5. The molecule has 9 heteroatoms. The van der Waals surface area contributed by atoms with E-state index in [0.29, 0.717) is 11.0 Å². The van der Waals surface area contributed by atoms with Crippen LogP contribution in [0.1, 0.15) is 35.4 Å². The van der Waals surface area contributed by atoms with Crippen LogP contribution in [0.15, 0.2) is 82.1 Å². The van der Waals surface area contributed by atoms with Crippen molar-refractivity contribution in [3.63, 3.8) is 0 Å². The number of carbonyl (C=O) groups excluding carboxylic acids is 1. The van der Waals surface area contributed by atoms with Crippen molar-refractivity contribution in [2.75, 3.05) is 19.0 Å². The molecule has 192 valence electrons. The van der Waals surface area contributed by atoms with Gasteiger partial charge >= 0.3 is 5.91 Å². The number of hydrogen-bond donors (Lipinski definition) is 1. The number of rotatable bonds is 9. The summed E-state index contributed by atoms with van der Waals surface area (Å²) >= 11 is 0. The van der Waals surface area contributed by atoms with Crippen LogP contribution in [0.25, 0.3) is 11.0 Å². The third-order valence-corrected chi connectivity index (χ3v) is 7.66. The lowest BCUT2D eigenvalue weighted by Gasteiger charge is -2.27. The molecule has 1 amide bonds. The average molecular weight is 521 g/mol. The van der Waals surface area contributed by atoms with Gasteiger partial charge in [0.05, 0.1) is 6.10 Å². The number of anilines is 1. The van der Waals surface area contributed by atoms with Crippen LogP contribution >= 0.6 is 0 Å². The number of ether oxygens (including phenoxy) is 2. The van der Waals surface area contributed by atoms with E-state index in [4.69, 9.17) is 13.9 Å². The molecule has 1 N–H and O–H groups in total. The van der Waals surface area contributed by atoms with Crippen LogP contribution in [-0.4, -0.2) is 34.5 Å². The fourth-order valence-electron chi connectivity index (χ4n) is 4.00. The van der Waals surface area contributed by atoms with E-state index < -0.39 is 15.9 Å². The minimum atomic E-state index is -4.38. The summed E-state index contributed by atoms with van der Waals surface area (Å²) in [6.07, 6.45) is 2.63. The van der Waals surface area contributed by atoms with E-state index in [2.05, 4.69) is 4.72 Å². The van der Waals surface area contributed by atoms with E-state index in [0.717, 1.165) is 30.5 Å². The lowest BCUT2D eigenvalue weighted by molar-refractivity contribution is 0.0956. The van der Waals surface area contributed by atoms with Crippen LogP contribution in [0, 0.1) is 0 Å². The summed E-state index contributed by atoms with van der Waals surface area (Å²) in [7, 11) is -0.592.